The molecule has 1 aromatic rings. The molecule has 5 nitrogen and oxygen atoms in total. The van der Waals surface area contributed by atoms with Gasteiger partial charge in [0.1, 0.15) is 18.8 Å². The number of halogens is 2. The molecule has 0 unspecified atom stereocenters. The summed E-state index contributed by atoms with van der Waals surface area (Å²) in [6.45, 7) is 1.18. The van der Waals surface area contributed by atoms with Gasteiger partial charge in [-0.3, -0.25) is 4.79 Å². The fourth-order valence-electron chi connectivity index (χ4n) is 2.78. The molecule has 0 amide bonds. The molecule has 7 heteroatoms. The second kappa shape index (κ2) is 9.05. The summed E-state index contributed by atoms with van der Waals surface area (Å²) in [7, 11) is 0. The second-order valence-electron chi connectivity index (χ2n) is 5.92. The Hall–Kier alpha value is -1.57. The molecule has 1 aliphatic rings. The van der Waals surface area contributed by atoms with Crippen LogP contribution in [0.1, 0.15) is 12.5 Å². The van der Waals surface area contributed by atoms with Crippen LogP contribution in [0.3, 0.4) is 0 Å². The van der Waals surface area contributed by atoms with E-state index in [1.54, 1.807) is 6.92 Å². The first kappa shape index (κ1) is 18.8. The molecule has 1 aliphatic heterocycles. The van der Waals surface area contributed by atoms with Crippen LogP contribution in [0.4, 0.5) is 8.78 Å². The van der Waals surface area contributed by atoms with Gasteiger partial charge in [-0.25, -0.2) is 8.78 Å². The van der Waals surface area contributed by atoms with E-state index in [4.69, 9.17) is 19.9 Å². The molecule has 0 aromatic heterocycles. The Morgan fingerprint density at radius 1 is 1.29 bits per heavy atom. The van der Waals surface area contributed by atoms with Crippen LogP contribution in [-0.2, 0) is 25.4 Å². The van der Waals surface area contributed by atoms with Crippen molar-refractivity contribution in [3.05, 3.63) is 35.9 Å². The minimum absolute atomic E-state index is 0.0262. The summed E-state index contributed by atoms with van der Waals surface area (Å²) in [5.74, 6) is -0.854. The normalized spacial score (nSPS) is 28.8. The predicted molar refractivity (Wildman–Crippen MR) is 83.7 cm³/mol. The van der Waals surface area contributed by atoms with Crippen LogP contribution >= 0.6 is 0 Å². The Morgan fingerprint density at radius 2 is 2.00 bits per heavy atom. The number of alkyl halides is 2. The maximum atomic E-state index is 12.6. The zero-order valence-electron chi connectivity index (χ0n) is 13.6. The van der Waals surface area contributed by atoms with E-state index >= 15 is 0 Å². The Balaban J connectivity index is 2.17. The van der Waals surface area contributed by atoms with Gasteiger partial charge in [0.15, 0.2) is 0 Å². The third-order valence-electron chi connectivity index (χ3n) is 3.92. The molecule has 134 valence electrons. The molecule has 0 radical (unpaired) electrons. The molecule has 0 spiro atoms. The van der Waals surface area contributed by atoms with E-state index in [0.29, 0.717) is 6.42 Å². The van der Waals surface area contributed by atoms with Gasteiger partial charge in [-0.15, -0.1) is 0 Å². The van der Waals surface area contributed by atoms with Gasteiger partial charge in [0, 0.05) is 5.92 Å². The number of ether oxygens (including phenoxy) is 3. The summed E-state index contributed by atoms with van der Waals surface area (Å²) < 4.78 is 41.3. The van der Waals surface area contributed by atoms with Crippen molar-refractivity contribution in [1.29, 1.82) is 0 Å². The fraction of sp³-hybridized carbons (Fsp3) is 0.588. The summed E-state index contributed by atoms with van der Waals surface area (Å²) in [6, 6.07) is 8.70. The number of cyclic esters (lactones) is 1. The van der Waals surface area contributed by atoms with E-state index in [2.05, 4.69) is 0 Å². The molecule has 1 heterocycles. The van der Waals surface area contributed by atoms with Crippen molar-refractivity contribution in [2.45, 2.75) is 38.0 Å². The van der Waals surface area contributed by atoms with E-state index in [0.717, 1.165) is 5.56 Å². The summed E-state index contributed by atoms with van der Waals surface area (Å²) >= 11 is 0. The minimum Gasteiger partial charge on any atom is -0.459 e. The van der Waals surface area contributed by atoms with E-state index in [-0.39, 0.29) is 19.1 Å². The molecular formula is C17H23F2NO4. The number of esters is 1. The van der Waals surface area contributed by atoms with E-state index < -0.39 is 37.3 Å². The first-order valence-corrected chi connectivity index (χ1v) is 7.95. The van der Waals surface area contributed by atoms with Gasteiger partial charge in [0.2, 0.25) is 0 Å². The average Bonchev–Trinajstić information content (AvgIpc) is 2.58. The standard InChI is InChI=1S/C17H23F2NO4/c1-11-16(23-10-15(18)19)13(7-12-5-3-2-4-6-12)8-22-9-14(20)17(21)24-11/h2-6,11,13-16H,7-10,20H2,1H3/t11-,13-,14-,16-/m0/s1. The quantitative estimate of drug-likeness (QED) is 0.826. The van der Waals surface area contributed by atoms with Crippen molar-refractivity contribution in [2.24, 2.45) is 11.7 Å². The predicted octanol–water partition coefficient (Wildman–Crippen LogP) is 1.78. The largest absolute Gasteiger partial charge is 0.459 e. The van der Waals surface area contributed by atoms with Gasteiger partial charge < -0.3 is 19.9 Å². The SMILES string of the molecule is C[C@@H]1OC(=O)[C@@H](N)COC[C@H](Cc2ccccc2)[C@H]1OCC(F)F. The lowest BCUT2D eigenvalue weighted by Gasteiger charge is -2.30. The number of hydrogen-bond donors (Lipinski definition) is 1. The number of hydrogen-bond acceptors (Lipinski definition) is 5. The maximum Gasteiger partial charge on any atom is 0.325 e. The van der Waals surface area contributed by atoms with Crippen LogP contribution in [0.15, 0.2) is 30.3 Å². The highest BCUT2D eigenvalue weighted by atomic mass is 19.3. The number of nitrogens with two attached hydrogens (primary N) is 1. The summed E-state index contributed by atoms with van der Waals surface area (Å²) in [5, 5.41) is 0. The Bertz CT molecular complexity index is 515. The molecule has 4 atom stereocenters. The third kappa shape index (κ3) is 5.51. The first-order chi connectivity index (χ1) is 11.5. The molecule has 0 aliphatic carbocycles. The Labute approximate surface area is 140 Å². The van der Waals surface area contributed by atoms with Crippen LogP contribution in [0, 0.1) is 5.92 Å². The minimum atomic E-state index is -2.60. The Kier molecular flexibility index (Phi) is 7.08. The van der Waals surface area contributed by atoms with E-state index in [1.165, 1.54) is 0 Å². The van der Waals surface area contributed by atoms with Crippen molar-refractivity contribution in [3.63, 3.8) is 0 Å². The highest BCUT2D eigenvalue weighted by Gasteiger charge is 2.34. The lowest BCUT2D eigenvalue weighted by Crippen LogP contribution is -2.42. The van der Waals surface area contributed by atoms with Crippen molar-refractivity contribution >= 4 is 5.97 Å². The van der Waals surface area contributed by atoms with Crippen molar-refractivity contribution in [2.75, 3.05) is 19.8 Å². The molecule has 2 rings (SSSR count). The van der Waals surface area contributed by atoms with Gasteiger partial charge in [-0.1, -0.05) is 30.3 Å². The summed E-state index contributed by atoms with van der Waals surface area (Å²) in [5.41, 5.74) is 6.71. The summed E-state index contributed by atoms with van der Waals surface area (Å²) in [6.07, 6.45) is -3.43. The Morgan fingerprint density at radius 3 is 2.67 bits per heavy atom. The lowest BCUT2D eigenvalue weighted by atomic mass is 9.91. The molecule has 0 bridgehead atoms. The topological polar surface area (TPSA) is 70.8 Å². The van der Waals surface area contributed by atoms with Gasteiger partial charge in [-0.2, -0.15) is 0 Å². The van der Waals surface area contributed by atoms with Gasteiger partial charge in [0.05, 0.1) is 19.3 Å². The smallest absolute Gasteiger partial charge is 0.325 e. The molecule has 2 N–H and O–H groups in total. The number of carbonyl (C=O) groups excluding carboxylic acids is 1. The molecule has 1 aromatic carbocycles. The number of carbonyl (C=O) groups is 1. The van der Waals surface area contributed by atoms with Crippen molar-refractivity contribution in [1.82, 2.24) is 0 Å². The van der Waals surface area contributed by atoms with Crippen LogP contribution in [0.5, 0.6) is 0 Å². The highest BCUT2D eigenvalue weighted by molar-refractivity contribution is 5.75. The second-order valence-corrected chi connectivity index (χ2v) is 5.92. The molecule has 0 saturated carbocycles. The van der Waals surface area contributed by atoms with Gasteiger partial charge >= 0.3 is 5.97 Å². The molecule has 1 fully saturated rings. The van der Waals surface area contributed by atoms with Gasteiger partial charge in [-0.05, 0) is 18.9 Å². The molecule has 24 heavy (non-hydrogen) atoms. The summed E-state index contributed by atoms with van der Waals surface area (Å²) in [4.78, 5) is 11.8. The lowest BCUT2D eigenvalue weighted by molar-refractivity contribution is -0.162. The average molecular weight is 343 g/mol. The molecule has 1 saturated heterocycles. The first-order valence-electron chi connectivity index (χ1n) is 7.95. The fourth-order valence-corrected chi connectivity index (χ4v) is 2.78. The highest BCUT2D eigenvalue weighted by Crippen LogP contribution is 2.22. The van der Waals surface area contributed by atoms with Crippen LogP contribution in [0.25, 0.3) is 0 Å². The van der Waals surface area contributed by atoms with Crippen LogP contribution in [-0.4, -0.2) is 50.5 Å². The van der Waals surface area contributed by atoms with E-state index in [1.807, 2.05) is 30.3 Å². The van der Waals surface area contributed by atoms with Crippen LogP contribution in [0.2, 0.25) is 0 Å². The van der Waals surface area contributed by atoms with Crippen molar-refractivity contribution < 1.29 is 27.8 Å². The van der Waals surface area contributed by atoms with E-state index in [9.17, 15) is 13.6 Å². The monoisotopic (exact) mass is 343 g/mol. The number of rotatable bonds is 5. The van der Waals surface area contributed by atoms with Crippen molar-refractivity contribution in [3.8, 4) is 0 Å². The van der Waals surface area contributed by atoms with Gasteiger partial charge in [0.25, 0.3) is 6.43 Å². The zero-order chi connectivity index (χ0) is 17.5. The third-order valence-corrected chi connectivity index (χ3v) is 3.92. The van der Waals surface area contributed by atoms with Crippen LogP contribution < -0.4 is 5.73 Å². The maximum absolute atomic E-state index is 12.6. The number of benzene rings is 1. The molecular weight excluding hydrogens is 320 g/mol. The zero-order valence-corrected chi connectivity index (χ0v) is 13.6.